The van der Waals surface area contributed by atoms with Crippen LogP contribution in [-0.4, -0.2) is 51.2 Å². The normalized spacial score (nSPS) is 18.8. The molecule has 2 heterocycles. The minimum atomic E-state index is -0.492. The molecule has 0 spiro atoms. The van der Waals surface area contributed by atoms with Gasteiger partial charge in [0.2, 0.25) is 0 Å². The Labute approximate surface area is 121 Å². The molecule has 7 heteroatoms. The van der Waals surface area contributed by atoms with Crippen LogP contribution in [0.4, 0.5) is 4.39 Å². The molecular weight excluding hydrogens is 273 g/mol. The predicted molar refractivity (Wildman–Crippen MR) is 74.7 cm³/mol. The van der Waals surface area contributed by atoms with Gasteiger partial charge in [-0.15, -0.1) is 0 Å². The molecule has 1 aliphatic heterocycles. The Morgan fingerprint density at radius 1 is 1.48 bits per heavy atom. The van der Waals surface area contributed by atoms with E-state index in [1.165, 1.54) is 23.4 Å². The first-order valence-corrected chi connectivity index (χ1v) is 6.83. The number of nitrogens with zero attached hydrogens (tertiary/aromatic N) is 4. The van der Waals surface area contributed by atoms with Crippen LogP contribution in [0.3, 0.4) is 0 Å². The largest absolute Gasteiger partial charge is 0.333 e. The van der Waals surface area contributed by atoms with Crippen molar-refractivity contribution in [3.63, 3.8) is 0 Å². The van der Waals surface area contributed by atoms with Crippen LogP contribution in [-0.2, 0) is 0 Å². The smallest absolute Gasteiger partial charge is 0.254 e. The standard InChI is InChI=1S/C14H16FN5O/c1-10-7-16-4-5-19(10)14(21)11-2-3-13(12(15)6-11)20-9-17-8-18-20/h2-3,6,8-10,16H,4-5,7H2,1H3/t10-/m0/s1. The van der Waals surface area contributed by atoms with Crippen LogP contribution in [0.25, 0.3) is 5.69 Å². The van der Waals surface area contributed by atoms with Crippen molar-refractivity contribution in [2.75, 3.05) is 19.6 Å². The van der Waals surface area contributed by atoms with Gasteiger partial charge in [0, 0.05) is 31.2 Å². The van der Waals surface area contributed by atoms with Crippen molar-refractivity contribution in [3.8, 4) is 5.69 Å². The summed E-state index contributed by atoms with van der Waals surface area (Å²) in [5, 5.41) is 7.11. The fraction of sp³-hybridized carbons (Fsp3) is 0.357. The van der Waals surface area contributed by atoms with Crippen LogP contribution in [0.2, 0.25) is 0 Å². The Morgan fingerprint density at radius 2 is 2.33 bits per heavy atom. The highest BCUT2D eigenvalue weighted by molar-refractivity contribution is 5.94. The van der Waals surface area contributed by atoms with Gasteiger partial charge in [-0.1, -0.05) is 0 Å². The van der Waals surface area contributed by atoms with Crippen molar-refractivity contribution in [2.45, 2.75) is 13.0 Å². The first-order chi connectivity index (χ1) is 10.2. The number of hydrogen-bond acceptors (Lipinski definition) is 4. The molecule has 0 saturated carbocycles. The predicted octanol–water partition coefficient (Wildman–Crippen LogP) is 0.840. The van der Waals surface area contributed by atoms with Crippen molar-refractivity contribution < 1.29 is 9.18 Å². The molecule has 6 nitrogen and oxygen atoms in total. The second kappa shape index (κ2) is 5.61. The van der Waals surface area contributed by atoms with Gasteiger partial charge >= 0.3 is 0 Å². The van der Waals surface area contributed by atoms with Gasteiger partial charge in [-0.05, 0) is 25.1 Å². The summed E-state index contributed by atoms with van der Waals surface area (Å²) in [4.78, 5) is 18.0. The number of benzene rings is 1. The molecule has 0 radical (unpaired) electrons. The summed E-state index contributed by atoms with van der Waals surface area (Å²) in [6.45, 7) is 4.12. The molecule has 1 aliphatic rings. The van der Waals surface area contributed by atoms with Crippen LogP contribution in [0.1, 0.15) is 17.3 Å². The molecule has 21 heavy (non-hydrogen) atoms. The monoisotopic (exact) mass is 289 g/mol. The molecule has 2 aromatic rings. The lowest BCUT2D eigenvalue weighted by molar-refractivity contribution is 0.0655. The van der Waals surface area contributed by atoms with E-state index in [0.717, 1.165) is 13.1 Å². The molecule has 1 amide bonds. The van der Waals surface area contributed by atoms with Gasteiger partial charge in [0.1, 0.15) is 24.2 Å². The second-order valence-electron chi connectivity index (χ2n) is 5.06. The number of carbonyl (C=O) groups is 1. The zero-order valence-corrected chi connectivity index (χ0v) is 11.7. The van der Waals surface area contributed by atoms with E-state index in [2.05, 4.69) is 15.4 Å². The summed E-state index contributed by atoms with van der Waals surface area (Å²) >= 11 is 0. The highest BCUT2D eigenvalue weighted by Crippen LogP contribution is 2.17. The molecule has 1 atom stereocenters. The van der Waals surface area contributed by atoms with E-state index in [-0.39, 0.29) is 17.6 Å². The third-order valence-corrected chi connectivity index (χ3v) is 3.62. The van der Waals surface area contributed by atoms with Crippen LogP contribution in [0, 0.1) is 5.82 Å². The molecule has 0 bridgehead atoms. The highest BCUT2D eigenvalue weighted by atomic mass is 19.1. The summed E-state index contributed by atoms with van der Waals surface area (Å²) in [6, 6.07) is 4.53. The average molecular weight is 289 g/mol. The minimum Gasteiger partial charge on any atom is -0.333 e. The second-order valence-corrected chi connectivity index (χ2v) is 5.06. The molecule has 3 rings (SSSR count). The van der Waals surface area contributed by atoms with Crippen molar-refractivity contribution in [1.82, 2.24) is 25.0 Å². The molecular formula is C14H16FN5O. The Morgan fingerprint density at radius 3 is 3.00 bits per heavy atom. The van der Waals surface area contributed by atoms with Crippen LogP contribution in [0.15, 0.2) is 30.9 Å². The van der Waals surface area contributed by atoms with Crippen LogP contribution in [0.5, 0.6) is 0 Å². The SMILES string of the molecule is C[C@H]1CNCCN1C(=O)c1ccc(-n2cncn2)c(F)c1. The molecule has 1 aromatic heterocycles. The Bertz CT molecular complexity index is 643. The van der Waals surface area contributed by atoms with Gasteiger partial charge < -0.3 is 10.2 Å². The maximum atomic E-state index is 14.2. The fourth-order valence-electron chi connectivity index (χ4n) is 2.47. The number of piperazine rings is 1. The molecule has 1 aromatic carbocycles. The first kappa shape index (κ1) is 13.7. The maximum Gasteiger partial charge on any atom is 0.254 e. The first-order valence-electron chi connectivity index (χ1n) is 6.83. The van der Waals surface area contributed by atoms with E-state index >= 15 is 0 Å². The number of aromatic nitrogens is 3. The van der Waals surface area contributed by atoms with Gasteiger partial charge in [-0.25, -0.2) is 14.1 Å². The zero-order chi connectivity index (χ0) is 14.8. The van der Waals surface area contributed by atoms with Crippen molar-refractivity contribution in [2.24, 2.45) is 0 Å². The van der Waals surface area contributed by atoms with E-state index in [1.807, 2.05) is 6.92 Å². The molecule has 0 aliphatic carbocycles. The average Bonchev–Trinajstić information content (AvgIpc) is 3.01. The van der Waals surface area contributed by atoms with E-state index in [4.69, 9.17) is 0 Å². The number of halogens is 1. The number of amides is 1. The number of carbonyl (C=O) groups excluding carboxylic acids is 1. The molecule has 1 saturated heterocycles. The highest BCUT2D eigenvalue weighted by Gasteiger charge is 2.24. The van der Waals surface area contributed by atoms with Crippen LogP contribution >= 0.6 is 0 Å². The number of rotatable bonds is 2. The Balaban J connectivity index is 1.86. The van der Waals surface area contributed by atoms with Gasteiger partial charge in [0.25, 0.3) is 5.91 Å². The van der Waals surface area contributed by atoms with E-state index < -0.39 is 5.82 Å². The van der Waals surface area contributed by atoms with Crippen LogP contribution < -0.4 is 5.32 Å². The lowest BCUT2D eigenvalue weighted by atomic mass is 10.1. The van der Waals surface area contributed by atoms with E-state index in [1.54, 1.807) is 17.0 Å². The Hall–Kier alpha value is -2.28. The summed E-state index contributed by atoms with van der Waals surface area (Å²) in [6.07, 6.45) is 2.75. The lowest BCUT2D eigenvalue weighted by Gasteiger charge is -2.34. The minimum absolute atomic E-state index is 0.101. The van der Waals surface area contributed by atoms with Gasteiger partial charge in [-0.3, -0.25) is 4.79 Å². The summed E-state index contributed by atoms with van der Waals surface area (Å²) in [5.74, 6) is -0.637. The van der Waals surface area contributed by atoms with Crippen molar-refractivity contribution in [3.05, 3.63) is 42.2 Å². The summed E-state index contributed by atoms with van der Waals surface area (Å²) in [7, 11) is 0. The topological polar surface area (TPSA) is 63.1 Å². The van der Waals surface area contributed by atoms with Crippen molar-refractivity contribution >= 4 is 5.91 Å². The molecule has 110 valence electrons. The van der Waals surface area contributed by atoms with E-state index in [0.29, 0.717) is 12.1 Å². The van der Waals surface area contributed by atoms with Crippen molar-refractivity contribution in [1.29, 1.82) is 0 Å². The van der Waals surface area contributed by atoms with Gasteiger partial charge in [0.15, 0.2) is 0 Å². The van der Waals surface area contributed by atoms with E-state index in [9.17, 15) is 9.18 Å². The number of hydrogen-bond donors (Lipinski definition) is 1. The zero-order valence-electron chi connectivity index (χ0n) is 11.7. The summed E-state index contributed by atoms with van der Waals surface area (Å²) in [5.41, 5.74) is 0.627. The fourth-order valence-corrected chi connectivity index (χ4v) is 2.47. The quantitative estimate of drug-likeness (QED) is 0.890. The third-order valence-electron chi connectivity index (χ3n) is 3.62. The van der Waals surface area contributed by atoms with Gasteiger partial charge in [-0.2, -0.15) is 5.10 Å². The molecule has 1 N–H and O–H groups in total. The maximum absolute atomic E-state index is 14.2. The molecule has 0 unspecified atom stereocenters. The molecule has 1 fully saturated rings. The Kier molecular flexibility index (Phi) is 3.66. The van der Waals surface area contributed by atoms with Gasteiger partial charge in [0.05, 0.1) is 0 Å². The lowest BCUT2D eigenvalue weighted by Crippen LogP contribution is -2.52. The number of nitrogens with one attached hydrogen (secondary N) is 1. The third kappa shape index (κ3) is 2.64. The summed E-state index contributed by atoms with van der Waals surface area (Å²) < 4.78 is 15.5.